The van der Waals surface area contributed by atoms with E-state index < -0.39 is 0 Å². The van der Waals surface area contributed by atoms with Crippen molar-refractivity contribution in [3.63, 3.8) is 0 Å². The number of allylic oxidation sites excluding steroid dienone is 2. The van der Waals surface area contributed by atoms with Gasteiger partial charge in [-0.3, -0.25) is 4.79 Å². The van der Waals surface area contributed by atoms with Gasteiger partial charge in [-0.05, 0) is 38.0 Å². The molecule has 3 aliphatic rings. The first kappa shape index (κ1) is 7.60. The molecule has 0 amide bonds. The molecule has 0 saturated heterocycles. The Hall–Kier alpha value is -0.790. The van der Waals surface area contributed by atoms with Crippen LogP contribution in [-0.2, 0) is 4.79 Å². The predicted octanol–water partition coefficient (Wildman–Crippen LogP) is 2.06. The van der Waals surface area contributed by atoms with Gasteiger partial charge in [0.05, 0.1) is 0 Å². The van der Waals surface area contributed by atoms with Gasteiger partial charge in [-0.2, -0.15) is 0 Å². The molecule has 0 aromatic rings. The van der Waals surface area contributed by atoms with E-state index in [1.54, 1.807) is 6.92 Å². The quantitative estimate of drug-likeness (QED) is 0.616. The van der Waals surface area contributed by atoms with Gasteiger partial charge in [0.1, 0.15) is 5.76 Å². The Morgan fingerprint density at radius 3 is 2.46 bits per heavy atom. The molecule has 1 N–H and O–H groups in total. The van der Waals surface area contributed by atoms with E-state index in [1.165, 1.54) is 19.3 Å². The smallest absolute Gasteiger partial charge is 0.166 e. The summed E-state index contributed by atoms with van der Waals surface area (Å²) in [5, 5.41) is 9.82. The van der Waals surface area contributed by atoms with Gasteiger partial charge in [-0.25, -0.2) is 0 Å². The fourth-order valence-electron chi connectivity index (χ4n) is 3.69. The van der Waals surface area contributed by atoms with Gasteiger partial charge >= 0.3 is 0 Å². The van der Waals surface area contributed by atoms with E-state index in [9.17, 15) is 9.90 Å². The lowest BCUT2D eigenvalue weighted by Gasteiger charge is -2.23. The van der Waals surface area contributed by atoms with E-state index in [0.29, 0.717) is 23.2 Å². The molecule has 0 aliphatic heterocycles. The third-order valence-electron chi connectivity index (χ3n) is 4.29. The highest BCUT2D eigenvalue weighted by Gasteiger charge is 2.56. The number of hydrogen-bond donors (Lipinski definition) is 1. The molecule has 0 spiro atoms. The lowest BCUT2D eigenvalue weighted by molar-refractivity contribution is -0.120. The van der Waals surface area contributed by atoms with Crippen LogP contribution in [-0.4, -0.2) is 10.9 Å². The van der Waals surface area contributed by atoms with Crippen LogP contribution >= 0.6 is 0 Å². The van der Waals surface area contributed by atoms with Crippen molar-refractivity contribution >= 4 is 5.78 Å². The average molecular weight is 178 g/mol. The summed E-state index contributed by atoms with van der Waals surface area (Å²) in [4.78, 5) is 11.8. The second-order valence-corrected chi connectivity index (χ2v) is 4.76. The third kappa shape index (κ3) is 0.725. The summed E-state index contributed by atoms with van der Waals surface area (Å²) in [6.45, 7) is 1.77. The first-order valence-corrected chi connectivity index (χ1v) is 5.14. The maximum Gasteiger partial charge on any atom is 0.166 e. The van der Waals surface area contributed by atoms with E-state index in [4.69, 9.17) is 0 Å². The van der Waals surface area contributed by atoms with E-state index in [2.05, 4.69) is 0 Å². The highest BCUT2D eigenvalue weighted by Crippen LogP contribution is 2.58. The van der Waals surface area contributed by atoms with Crippen molar-refractivity contribution in [2.45, 2.75) is 26.2 Å². The summed E-state index contributed by atoms with van der Waals surface area (Å²) in [6.07, 6.45) is 3.60. The Labute approximate surface area is 77.6 Å². The standard InChI is InChI=1S/C11H14O2/c1-5-10(12)8-6-2-3-7(4-6)9(8)11(5)13/h6-9,12H,2-4H2,1H3/t6?,7-,8+,9-/m1/s1. The Morgan fingerprint density at radius 1 is 1.23 bits per heavy atom. The van der Waals surface area contributed by atoms with Crippen molar-refractivity contribution < 1.29 is 9.90 Å². The molecular weight excluding hydrogens is 164 g/mol. The molecule has 3 aliphatic carbocycles. The molecule has 3 rings (SSSR count). The van der Waals surface area contributed by atoms with Crippen LogP contribution in [0.2, 0.25) is 0 Å². The van der Waals surface area contributed by atoms with Crippen molar-refractivity contribution in [3.8, 4) is 0 Å². The summed E-state index contributed by atoms with van der Waals surface area (Å²) in [5.74, 6) is 2.22. The Bertz CT molecular complexity index is 316. The second-order valence-electron chi connectivity index (χ2n) is 4.76. The van der Waals surface area contributed by atoms with Gasteiger partial charge in [0.15, 0.2) is 5.78 Å². The molecule has 0 aromatic carbocycles. The molecule has 0 radical (unpaired) electrons. The minimum absolute atomic E-state index is 0.166. The molecule has 2 fully saturated rings. The molecule has 2 heteroatoms. The van der Waals surface area contributed by atoms with E-state index in [0.717, 1.165) is 0 Å². The van der Waals surface area contributed by atoms with Gasteiger partial charge in [0.25, 0.3) is 0 Å². The van der Waals surface area contributed by atoms with Crippen LogP contribution in [0, 0.1) is 23.7 Å². The first-order chi connectivity index (χ1) is 6.20. The number of carbonyl (C=O) groups is 1. The van der Waals surface area contributed by atoms with Crippen LogP contribution in [0.3, 0.4) is 0 Å². The molecule has 1 unspecified atom stereocenters. The zero-order valence-electron chi connectivity index (χ0n) is 7.79. The largest absolute Gasteiger partial charge is 0.512 e. The summed E-state index contributed by atoms with van der Waals surface area (Å²) in [5.41, 5.74) is 0.645. The van der Waals surface area contributed by atoms with E-state index in [-0.39, 0.29) is 17.6 Å². The number of hydrogen-bond acceptors (Lipinski definition) is 2. The highest BCUT2D eigenvalue weighted by atomic mass is 16.3. The zero-order chi connectivity index (χ0) is 9.16. The topological polar surface area (TPSA) is 37.3 Å². The number of aliphatic hydroxyl groups excluding tert-OH is 1. The second kappa shape index (κ2) is 2.17. The molecule has 13 heavy (non-hydrogen) atoms. The lowest BCUT2D eigenvalue weighted by atomic mass is 9.80. The molecular formula is C11H14O2. The van der Waals surface area contributed by atoms with Gasteiger partial charge in [-0.15, -0.1) is 0 Å². The summed E-state index contributed by atoms with van der Waals surface area (Å²) < 4.78 is 0. The third-order valence-corrected chi connectivity index (χ3v) is 4.29. The van der Waals surface area contributed by atoms with Gasteiger partial charge in [-0.1, -0.05) is 0 Å². The molecule has 2 bridgehead atoms. The predicted molar refractivity (Wildman–Crippen MR) is 48.1 cm³/mol. The minimum atomic E-state index is 0.166. The maximum atomic E-state index is 11.8. The van der Waals surface area contributed by atoms with Crippen LogP contribution in [0.25, 0.3) is 0 Å². The van der Waals surface area contributed by atoms with Gasteiger partial charge in [0, 0.05) is 17.4 Å². The normalized spacial score (nSPS) is 47.6. The summed E-state index contributed by atoms with van der Waals surface area (Å²) in [7, 11) is 0. The first-order valence-electron chi connectivity index (χ1n) is 5.14. The van der Waals surface area contributed by atoms with Crippen LogP contribution in [0.4, 0.5) is 0 Å². The average Bonchev–Trinajstić information content (AvgIpc) is 2.76. The molecule has 70 valence electrons. The molecule has 4 atom stereocenters. The Morgan fingerprint density at radius 2 is 1.85 bits per heavy atom. The number of aliphatic hydroxyl groups is 1. The molecule has 0 aromatic heterocycles. The number of rotatable bonds is 0. The fraction of sp³-hybridized carbons (Fsp3) is 0.727. The van der Waals surface area contributed by atoms with Crippen molar-refractivity contribution in [3.05, 3.63) is 11.3 Å². The van der Waals surface area contributed by atoms with Gasteiger partial charge in [0.2, 0.25) is 0 Å². The van der Waals surface area contributed by atoms with E-state index >= 15 is 0 Å². The number of carbonyl (C=O) groups excluding carboxylic acids is 1. The Kier molecular flexibility index (Phi) is 1.27. The monoisotopic (exact) mass is 178 g/mol. The van der Waals surface area contributed by atoms with Crippen molar-refractivity contribution in [2.75, 3.05) is 0 Å². The van der Waals surface area contributed by atoms with Crippen molar-refractivity contribution in [1.29, 1.82) is 0 Å². The Balaban J connectivity index is 2.07. The molecule has 2 saturated carbocycles. The highest BCUT2D eigenvalue weighted by molar-refractivity contribution is 6.00. The number of fused-ring (bicyclic) bond motifs is 5. The lowest BCUT2D eigenvalue weighted by Crippen LogP contribution is -2.24. The summed E-state index contributed by atoms with van der Waals surface area (Å²) in [6, 6.07) is 0. The zero-order valence-corrected chi connectivity index (χ0v) is 7.79. The van der Waals surface area contributed by atoms with Crippen LogP contribution in [0.15, 0.2) is 11.3 Å². The molecule has 0 heterocycles. The SMILES string of the molecule is CC1=C(O)[C@H]2C3CC[C@H](C3)[C@H]2C1=O. The maximum absolute atomic E-state index is 11.8. The van der Waals surface area contributed by atoms with Crippen molar-refractivity contribution in [1.82, 2.24) is 0 Å². The summed E-state index contributed by atoms with van der Waals surface area (Å²) >= 11 is 0. The fourth-order valence-corrected chi connectivity index (χ4v) is 3.69. The van der Waals surface area contributed by atoms with Crippen LogP contribution in [0.5, 0.6) is 0 Å². The number of ketones is 1. The molecule has 2 nitrogen and oxygen atoms in total. The minimum Gasteiger partial charge on any atom is -0.512 e. The van der Waals surface area contributed by atoms with Crippen LogP contribution < -0.4 is 0 Å². The number of Topliss-reactive ketones (excluding diaryl/α,β-unsaturated/α-hetero) is 1. The van der Waals surface area contributed by atoms with E-state index in [1.807, 2.05) is 0 Å². The van der Waals surface area contributed by atoms with Crippen molar-refractivity contribution in [2.24, 2.45) is 23.7 Å². The van der Waals surface area contributed by atoms with Crippen LogP contribution in [0.1, 0.15) is 26.2 Å². The van der Waals surface area contributed by atoms with Gasteiger partial charge < -0.3 is 5.11 Å².